The van der Waals surface area contributed by atoms with Crippen LogP contribution in [0.25, 0.3) is 0 Å². The number of unbranched alkanes of at least 4 members (excludes halogenated alkanes) is 5. The minimum absolute atomic E-state index is 0.281. The molecule has 30 heavy (non-hydrogen) atoms. The first-order chi connectivity index (χ1) is 14.7. The van der Waals surface area contributed by atoms with Gasteiger partial charge in [-0.25, -0.2) is 0 Å². The van der Waals surface area contributed by atoms with Crippen LogP contribution >= 0.6 is 0 Å². The molecular weight excluding hydrogens is 374 g/mol. The molecule has 1 unspecified atom stereocenters. The summed E-state index contributed by atoms with van der Waals surface area (Å²) in [5.74, 6) is 2.57. The normalized spacial score (nSPS) is 15.5. The van der Waals surface area contributed by atoms with E-state index in [0.717, 1.165) is 49.7 Å². The summed E-state index contributed by atoms with van der Waals surface area (Å²) in [6.07, 6.45) is 9.68. The summed E-state index contributed by atoms with van der Waals surface area (Å²) >= 11 is 0. The van der Waals surface area contributed by atoms with Crippen molar-refractivity contribution in [2.24, 2.45) is 0 Å². The van der Waals surface area contributed by atoms with Crippen LogP contribution in [0, 0.1) is 0 Å². The summed E-state index contributed by atoms with van der Waals surface area (Å²) in [7, 11) is 3.39. The van der Waals surface area contributed by atoms with Crippen molar-refractivity contribution in [3.8, 4) is 17.2 Å². The molecule has 3 rings (SSSR count). The number of ether oxygens (including phenoxy) is 3. The predicted molar refractivity (Wildman–Crippen MR) is 123 cm³/mol. The Bertz CT molecular complexity index is 773. The molecule has 0 aliphatic carbocycles. The Labute approximate surface area is 181 Å². The molecule has 2 aromatic rings. The van der Waals surface area contributed by atoms with Crippen LogP contribution in [0.5, 0.6) is 17.2 Å². The fraction of sp³-hybridized carbons (Fsp3) is 0.538. The van der Waals surface area contributed by atoms with Crippen molar-refractivity contribution in [1.29, 1.82) is 0 Å². The summed E-state index contributed by atoms with van der Waals surface area (Å²) in [5.41, 5.74) is 3.96. The van der Waals surface area contributed by atoms with E-state index in [1.807, 2.05) is 0 Å². The van der Waals surface area contributed by atoms with Crippen LogP contribution in [-0.2, 0) is 12.8 Å². The van der Waals surface area contributed by atoms with E-state index < -0.39 is 0 Å². The molecule has 4 heteroatoms. The van der Waals surface area contributed by atoms with Crippen molar-refractivity contribution in [1.82, 2.24) is 5.32 Å². The summed E-state index contributed by atoms with van der Waals surface area (Å²) in [5, 5.41) is 3.66. The average Bonchev–Trinajstić information content (AvgIpc) is 2.79. The van der Waals surface area contributed by atoms with Crippen LogP contribution < -0.4 is 19.5 Å². The van der Waals surface area contributed by atoms with Crippen molar-refractivity contribution in [3.05, 3.63) is 53.1 Å². The van der Waals surface area contributed by atoms with Crippen LogP contribution in [0.4, 0.5) is 0 Å². The van der Waals surface area contributed by atoms with Gasteiger partial charge in [0.25, 0.3) is 0 Å². The third kappa shape index (κ3) is 6.15. The Hall–Kier alpha value is -2.20. The van der Waals surface area contributed by atoms with Gasteiger partial charge in [0.1, 0.15) is 5.75 Å². The third-order valence-electron chi connectivity index (χ3n) is 5.94. The molecule has 0 spiro atoms. The Morgan fingerprint density at radius 2 is 1.60 bits per heavy atom. The minimum Gasteiger partial charge on any atom is -0.494 e. The molecule has 4 nitrogen and oxygen atoms in total. The first-order valence-electron chi connectivity index (χ1n) is 11.4. The number of fused-ring (bicyclic) bond motifs is 1. The molecule has 164 valence electrons. The fourth-order valence-corrected chi connectivity index (χ4v) is 4.18. The molecule has 1 N–H and O–H groups in total. The monoisotopic (exact) mass is 411 g/mol. The molecule has 0 fully saturated rings. The molecule has 0 amide bonds. The number of hydrogen-bond donors (Lipinski definition) is 1. The van der Waals surface area contributed by atoms with Gasteiger partial charge in [-0.3, -0.25) is 0 Å². The van der Waals surface area contributed by atoms with E-state index >= 15 is 0 Å². The van der Waals surface area contributed by atoms with Crippen LogP contribution in [0.1, 0.15) is 68.2 Å². The lowest BCUT2D eigenvalue weighted by Crippen LogP contribution is -2.31. The molecule has 1 heterocycles. The Kier molecular flexibility index (Phi) is 8.88. The average molecular weight is 412 g/mol. The molecule has 0 radical (unpaired) electrons. The Morgan fingerprint density at radius 3 is 2.33 bits per heavy atom. The number of rotatable bonds is 12. The van der Waals surface area contributed by atoms with Crippen molar-refractivity contribution in [2.75, 3.05) is 27.4 Å². The second-order valence-corrected chi connectivity index (χ2v) is 8.13. The second-order valence-electron chi connectivity index (χ2n) is 8.13. The first kappa shape index (κ1) is 22.5. The lowest BCUT2D eigenvalue weighted by molar-refractivity contribution is 0.304. The predicted octanol–water partition coefficient (Wildman–Crippen LogP) is 5.87. The highest BCUT2D eigenvalue weighted by Crippen LogP contribution is 2.36. The molecule has 0 saturated carbocycles. The molecule has 1 atom stereocenters. The van der Waals surface area contributed by atoms with Crippen LogP contribution in [0.15, 0.2) is 36.4 Å². The van der Waals surface area contributed by atoms with E-state index in [-0.39, 0.29) is 6.04 Å². The van der Waals surface area contributed by atoms with E-state index in [4.69, 9.17) is 14.2 Å². The van der Waals surface area contributed by atoms with Gasteiger partial charge in [0.15, 0.2) is 11.5 Å². The Balaban J connectivity index is 1.54. The summed E-state index contributed by atoms with van der Waals surface area (Å²) in [6.45, 7) is 4.04. The molecule has 0 saturated heterocycles. The van der Waals surface area contributed by atoms with E-state index in [0.29, 0.717) is 0 Å². The van der Waals surface area contributed by atoms with Gasteiger partial charge in [0.05, 0.1) is 20.8 Å². The maximum Gasteiger partial charge on any atom is 0.161 e. The van der Waals surface area contributed by atoms with Crippen LogP contribution in [-0.4, -0.2) is 27.4 Å². The zero-order valence-electron chi connectivity index (χ0n) is 18.8. The highest BCUT2D eigenvalue weighted by molar-refractivity contribution is 5.49. The number of nitrogens with one attached hydrogen (secondary N) is 1. The third-order valence-corrected chi connectivity index (χ3v) is 5.94. The zero-order chi connectivity index (χ0) is 21.2. The minimum atomic E-state index is 0.281. The summed E-state index contributed by atoms with van der Waals surface area (Å²) in [4.78, 5) is 0. The smallest absolute Gasteiger partial charge is 0.161 e. The summed E-state index contributed by atoms with van der Waals surface area (Å²) < 4.78 is 16.9. The van der Waals surface area contributed by atoms with Gasteiger partial charge < -0.3 is 19.5 Å². The van der Waals surface area contributed by atoms with Gasteiger partial charge in [-0.05, 0) is 66.8 Å². The van der Waals surface area contributed by atoms with Crippen molar-refractivity contribution in [3.63, 3.8) is 0 Å². The fourth-order valence-electron chi connectivity index (χ4n) is 4.18. The maximum absolute atomic E-state index is 5.92. The lowest BCUT2D eigenvalue weighted by Gasteiger charge is -2.28. The summed E-state index contributed by atoms with van der Waals surface area (Å²) in [6, 6.07) is 13.1. The largest absolute Gasteiger partial charge is 0.494 e. The van der Waals surface area contributed by atoms with Gasteiger partial charge >= 0.3 is 0 Å². The van der Waals surface area contributed by atoms with Gasteiger partial charge in [-0.15, -0.1) is 0 Å². The van der Waals surface area contributed by atoms with E-state index in [1.165, 1.54) is 48.8 Å². The first-order valence-corrected chi connectivity index (χ1v) is 11.4. The maximum atomic E-state index is 5.92. The number of hydrogen-bond acceptors (Lipinski definition) is 4. The SMILES string of the molecule is CCCCCCCCOc1ccc(CC2NCCc3cc(OC)c(OC)cc32)cc1. The van der Waals surface area contributed by atoms with Gasteiger partial charge in [-0.2, -0.15) is 0 Å². The molecule has 1 aliphatic heterocycles. The molecular formula is C26H37NO3. The van der Waals surface area contributed by atoms with E-state index in [2.05, 4.69) is 48.6 Å². The van der Waals surface area contributed by atoms with Crippen molar-refractivity contribution in [2.45, 2.75) is 64.3 Å². The van der Waals surface area contributed by atoms with E-state index in [1.54, 1.807) is 14.2 Å². The second kappa shape index (κ2) is 11.8. The Morgan fingerprint density at radius 1 is 0.900 bits per heavy atom. The quantitative estimate of drug-likeness (QED) is 0.443. The lowest BCUT2D eigenvalue weighted by atomic mass is 9.90. The highest BCUT2D eigenvalue weighted by atomic mass is 16.5. The standard InChI is InChI=1S/C26H37NO3/c1-4-5-6-7-8-9-16-30-22-12-10-20(11-13-22)17-24-23-19-26(29-3)25(28-2)18-21(23)14-15-27-24/h10-13,18-19,24,27H,4-9,14-17H2,1-3H3. The molecule has 0 aromatic heterocycles. The topological polar surface area (TPSA) is 39.7 Å². The van der Waals surface area contributed by atoms with Crippen LogP contribution in [0.3, 0.4) is 0 Å². The van der Waals surface area contributed by atoms with Gasteiger partial charge in [0.2, 0.25) is 0 Å². The number of methoxy groups -OCH3 is 2. The molecule has 2 aromatic carbocycles. The van der Waals surface area contributed by atoms with Gasteiger partial charge in [-0.1, -0.05) is 51.2 Å². The van der Waals surface area contributed by atoms with Crippen molar-refractivity contribution < 1.29 is 14.2 Å². The highest BCUT2D eigenvalue weighted by Gasteiger charge is 2.22. The van der Waals surface area contributed by atoms with Crippen molar-refractivity contribution >= 4 is 0 Å². The van der Waals surface area contributed by atoms with Crippen LogP contribution in [0.2, 0.25) is 0 Å². The zero-order valence-corrected chi connectivity index (χ0v) is 18.8. The van der Waals surface area contributed by atoms with Gasteiger partial charge in [0, 0.05) is 6.04 Å². The number of benzene rings is 2. The molecule has 1 aliphatic rings. The van der Waals surface area contributed by atoms with E-state index in [9.17, 15) is 0 Å². The molecule has 0 bridgehead atoms.